The number of methoxy groups -OCH3 is 1. The second-order valence-corrected chi connectivity index (χ2v) is 7.18. The Hall–Kier alpha value is -2.33. The molecular weight excluding hydrogens is 310 g/mol. The van der Waals surface area contributed by atoms with Gasteiger partial charge < -0.3 is 15.8 Å². The average Bonchev–Trinajstić information content (AvgIpc) is 2.56. The maximum atomic E-state index is 6.01. The van der Waals surface area contributed by atoms with Crippen molar-refractivity contribution in [2.24, 2.45) is 10.7 Å². The van der Waals surface area contributed by atoms with Gasteiger partial charge in [-0.1, -0.05) is 63.2 Å². The molecule has 0 spiro atoms. The van der Waals surface area contributed by atoms with Crippen LogP contribution in [-0.4, -0.2) is 19.6 Å². The molecule has 2 aromatic rings. The summed E-state index contributed by atoms with van der Waals surface area (Å²) in [5.41, 5.74) is 10.8. The van der Waals surface area contributed by atoms with E-state index in [4.69, 9.17) is 10.5 Å². The number of anilines is 1. The maximum Gasteiger partial charge on any atom is 0.193 e. The molecule has 0 bridgehead atoms. The van der Waals surface area contributed by atoms with Gasteiger partial charge in [0.1, 0.15) is 0 Å². The average molecular weight is 339 g/mol. The summed E-state index contributed by atoms with van der Waals surface area (Å²) in [4.78, 5) is 4.43. The van der Waals surface area contributed by atoms with E-state index in [1.54, 1.807) is 7.11 Å². The van der Waals surface area contributed by atoms with Crippen molar-refractivity contribution in [3.63, 3.8) is 0 Å². The Balaban J connectivity index is 1.91. The summed E-state index contributed by atoms with van der Waals surface area (Å²) in [6.45, 7) is 7.86. The Morgan fingerprint density at radius 2 is 1.76 bits per heavy atom. The first-order valence-electron chi connectivity index (χ1n) is 8.63. The Kier molecular flexibility index (Phi) is 6.59. The van der Waals surface area contributed by atoms with Crippen molar-refractivity contribution < 1.29 is 4.74 Å². The fourth-order valence-corrected chi connectivity index (χ4v) is 2.58. The lowest BCUT2D eigenvalue weighted by atomic mass is 9.86. The maximum absolute atomic E-state index is 6.01. The van der Waals surface area contributed by atoms with Crippen LogP contribution in [0, 0.1) is 0 Å². The molecule has 0 saturated heterocycles. The van der Waals surface area contributed by atoms with E-state index in [2.05, 4.69) is 55.3 Å². The zero-order valence-electron chi connectivity index (χ0n) is 15.7. The molecule has 3 N–H and O–H groups in total. The van der Waals surface area contributed by atoms with Crippen LogP contribution in [-0.2, 0) is 23.2 Å². The number of nitrogens with one attached hydrogen (secondary N) is 1. The highest BCUT2D eigenvalue weighted by molar-refractivity contribution is 5.92. The second-order valence-electron chi connectivity index (χ2n) is 7.18. The largest absolute Gasteiger partial charge is 0.380 e. The Labute approximate surface area is 151 Å². The molecule has 0 aliphatic rings. The van der Waals surface area contributed by atoms with Crippen LogP contribution in [0.3, 0.4) is 0 Å². The monoisotopic (exact) mass is 339 g/mol. The Morgan fingerprint density at radius 1 is 1.08 bits per heavy atom. The first-order valence-corrected chi connectivity index (χ1v) is 8.63. The Morgan fingerprint density at radius 3 is 2.40 bits per heavy atom. The van der Waals surface area contributed by atoms with Crippen molar-refractivity contribution in [3.8, 4) is 0 Å². The van der Waals surface area contributed by atoms with Crippen molar-refractivity contribution in [2.75, 3.05) is 19.0 Å². The third-order valence-corrected chi connectivity index (χ3v) is 4.08. The molecule has 4 nitrogen and oxygen atoms in total. The minimum atomic E-state index is 0.181. The molecule has 0 radical (unpaired) electrons. The minimum Gasteiger partial charge on any atom is -0.380 e. The van der Waals surface area contributed by atoms with Crippen LogP contribution in [0.2, 0.25) is 0 Å². The first kappa shape index (κ1) is 19.0. The third-order valence-electron chi connectivity index (χ3n) is 4.08. The van der Waals surface area contributed by atoms with Crippen LogP contribution < -0.4 is 11.1 Å². The molecule has 0 aliphatic carbocycles. The quantitative estimate of drug-likeness (QED) is 0.615. The van der Waals surface area contributed by atoms with Crippen LogP contribution in [0.4, 0.5) is 5.69 Å². The molecule has 0 saturated carbocycles. The summed E-state index contributed by atoms with van der Waals surface area (Å²) >= 11 is 0. The summed E-state index contributed by atoms with van der Waals surface area (Å²) in [6.07, 6.45) is 0.868. The summed E-state index contributed by atoms with van der Waals surface area (Å²) < 4.78 is 5.20. The van der Waals surface area contributed by atoms with Gasteiger partial charge in [-0.05, 0) is 29.0 Å². The number of benzene rings is 2. The van der Waals surface area contributed by atoms with E-state index in [1.807, 2.05) is 24.3 Å². The van der Waals surface area contributed by atoms with E-state index in [9.17, 15) is 0 Å². The lowest BCUT2D eigenvalue weighted by molar-refractivity contribution is 0.185. The number of nitrogens with two attached hydrogens (primary N) is 1. The van der Waals surface area contributed by atoms with Gasteiger partial charge in [-0.2, -0.15) is 0 Å². The molecule has 0 amide bonds. The van der Waals surface area contributed by atoms with E-state index in [1.165, 1.54) is 11.1 Å². The van der Waals surface area contributed by atoms with Gasteiger partial charge in [-0.15, -0.1) is 0 Å². The molecule has 2 rings (SSSR count). The summed E-state index contributed by atoms with van der Waals surface area (Å²) in [5, 5.41) is 3.16. The van der Waals surface area contributed by atoms with Crippen LogP contribution >= 0.6 is 0 Å². The predicted molar refractivity (Wildman–Crippen MR) is 106 cm³/mol. The number of nitrogens with zero attached hydrogens (tertiary/aromatic N) is 1. The Bertz CT molecular complexity index is 700. The van der Waals surface area contributed by atoms with E-state index < -0.39 is 0 Å². The van der Waals surface area contributed by atoms with E-state index >= 15 is 0 Å². The van der Waals surface area contributed by atoms with Crippen LogP contribution in [0.15, 0.2) is 53.5 Å². The highest BCUT2D eigenvalue weighted by Crippen LogP contribution is 2.22. The molecular formula is C21H29N3O. The molecule has 4 heteroatoms. The number of para-hydroxylation sites is 1. The number of ether oxygens (including phenoxy) is 1. The van der Waals surface area contributed by atoms with E-state index in [-0.39, 0.29) is 5.41 Å². The number of aliphatic imine (C=N–C) groups is 1. The van der Waals surface area contributed by atoms with Crippen molar-refractivity contribution in [3.05, 3.63) is 65.2 Å². The molecule has 2 aromatic carbocycles. The predicted octanol–water partition coefficient (Wildman–Crippen LogP) is 4.10. The second kappa shape index (κ2) is 8.67. The SMILES string of the molecule is COCc1ccccc1NC(N)=NCCc1ccc(C(C)(C)C)cc1. The summed E-state index contributed by atoms with van der Waals surface area (Å²) in [7, 11) is 1.68. The van der Waals surface area contributed by atoms with E-state index in [0.29, 0.717) is 19.1 Å². The van der Waals surface area contributed by atoms with Gasteiger partial charge >= 0.3 is 0 Å². The molecule has 0 heterocycles. The van der Waals surface area contributed by atoms with Gasteiger partial charge in [-0.25, -0.2) is 0 Å². The van der Waals surface area contributed by atoms with Crippen LogP contribution in [0.25, 0.3) is 0 Å². The van der Waals surface area contributed by atoms with Gasteiger partial charge in [0.2, 0.25) is 0 Å². The van der Waals surface area contributed by atoms with Gasteiger partial charge in [0, 0.05) is 24.9 Å². The van der Waals surface area contributed by atoms with Gasteiger partial charge in [0.15, 0.2) is 5.96 Å². The minimum absolute atomic E-state index is 0.181. The highest BCUT2D eigenvalue weighted by atomic mass is 16.5. The fraction of sp³-hybridized carbons (Fsp3) is 0.381. The molecule has 0 fully saturated rings. The topological polar surface area (TPSA) is 59.6 Å². The van der Waals surface area contributed by atoms with Crippen molar-refractivity contribution in [1.82, 2.24) is 0 Å². The molecule has 0 aromatic heterocycles. The molecule has 134 valence electrons. The summed E-state index contributed by atoms with van der Waals surface area (Å²) in [5.74, 6) is 0.426. The summed E-state index contributed by atoms with van der Waals surface area (Å²) in [6, 6.07) is 16.7. The van der Waals surface area contributed by atoms with Crippen molar-refractivity contribution in [1.29, 1.82) is 0 Å². The number of guanidine groups is 1. The smallest absolute Gasteiger partial charge is 0.193 e. The number of hydrogen-bond acceptors (Lipinski definition) is 2. The van der Waals surface area contributed by atoms with Gasteiger partial charge in [0.25, 0.3) is 0 Å². The number of rotatable bonds is 6. The number of hydrogen-bond donors (Lipinski definition) is 2. The van der Waals surface area contributed by atoms with Gasteiger partial charge in [0.05, 0.1) is 6.61 Å². The highest BCUT2D eigenvalue weighted by Gasteiger charge is 2.12. The first-order chi connectivity index (χ1) is 11.9. The zero-order valence-corrected chi connectivity index (χ0v) is 15.7. The lowest BCUT2D eigenvalue weighted by Gasteiger charge is -2.19. The van der Waals surface area contributed by atoms with E-state index in [0.717, 1.165) is 17.7 Å². The fourth-order valence-electron chi connectivity index (χ4n) is 2.58. The normalized spacial score (nSPS) is 12.2. The van der Waals surface area contributed by atoms with Crippen molar-refractivity contribution in [2.45, 2.75) is 39.2 Å². The standard InChI is InChI=1S/C21H29N3O/c1-21(2,3)18-11-9-16(10-12-18)13-14-23-20(22)24-19-8-6-5-7-17(19)15-25-4/h5-12H,13-15H2,1-4H3,(H3,22,23,24). The molecule has 0 aliphatic heterocycles. The zero-order chi connectivity index (χ0) is 18.3. The van der Waals surface area contributed by atoms with Crippen LogP contribution in [0.5, 0.6) is 0 Å². The third kappa shape index (κ3) is 5.91. The molecule has 25 heavy (non-hydrogen) atoms. The van der Waals surface area contributed by atoms with Crippen LogP contribution in [0.1, 0.15) is 37.5 Å². The van der Waals surface area contributed by atoms with Gasteiger partial charge in [-0.3, -0.25) is 4.99 Å². The molecule has 0 unspecified atom stereocenters. The van der Waals surface area contributed by atoms with Crippen molar-refractivity contribution >= 4 is 11.6 Å². The lowest BCUT2D eigenvalue weighted by Crippen LogP contribution is -2.23. The molecule has 0 atom stereocenters.